The minimum absolute atomic E-state index is 0.565. The fourth-order valence-electron chi connectivity index (χ4n) is 2.40. The Labute approximate surface area is 109 Å². The van der Waals surface area contributed by atoms with Gasteiger partial charge < -0.3 is 0 Å². The molecule has 0 radical (unpaired) electrons. The van der Waals surface area contributed by atoms with Gasteiger partial charge in [-0.15, -0.1) is 0 Å². The first-order valence-corrected chi connectivity index (χ1v) is 7.36. The van der Waals surface area contributed by atoms with Crippen molar-refractivity contribution in [3.05, 3.63) is 0 Å². The van der Waals surface area contributed by atoms with Crippen LogP contribution in [0.4, 0.5) is 0 Å². The second kappa shape index (κ2) is 6.07. The summed E-state index contributed by atoms with van der Waals surface area (Å²) in [6.45, 7) is 13.8. The van der Waals surface area contributed by atoms with E-state index in [1.807, 2.05) is 0 Å². The van der Waals surface area contributed by atoms with Gasteiger partial charge in [-0.05, 0) is 0 Å². The van der Waals surface area contributed by atoms with Gasteiger partial charge in [0.05, 0.1) is 0 Å². The number of rotatable bonds is 4. The Hall–Kier alpha value is -0.0105. The topological polar surface area (TPSA) is 6.48 Å². The Bertz CT molecular complexity index is 222. The summed E-state index contributed by atoms with van der Waals surface area (Å²) in [5, 5.41) is 0. The first kappa shape index (κ1) is 14.1. The molecule has 1 saturated heterocycles. The summed E-state index contributed by atoms with van der Waals surface area (Å²) in [6, 6.07) is 1.13. The van der Waals surface area contributed by atoms with Crippen LogP contribution in [-0.2, 0) is 0 Å². The molecule has 1 aliphatic rings. The van der Waals surface area contributed by atoms with Gasteiger partial charge in [0.2, 0.25) is 0 Å². The van der Waals surface area contributed by atoms with E-state index in [-0.39, 0.29) is 0 Å². The van der Waals surface area contributed by atoms with Crippen LogP contribution in [0.25, 0.3) is 0 Å². The molecule has 0 amide bonds. The van der Waals surface area contributed by atoms with Gasteiger partial charge >= 0.3 is 109 Å². The number of piperidine rings is 1. The third-order valence-electron chi connectivity index (χ3n) is 3.39. The van der Waals surface area contributed by atoms with Gasteiger partial charge in [0.25, 0.3) is 0 Å². The minimum atomic E-state index is 0.565. The molecule has 1 aliphatic heterocycles. The van der Waals surface area contributed by atoms with E-state index in [9.17, 15) is 0 Å². The monoisotopic (exact) mass is 290 g/mol. The van der Waals surface area contributed by atoms with Crippen LogP contribution in [-0.4, -0.2) is 55.2 Å². The summed E-state index contributed by atoms with van der Waals surface area (Å²) in [7, 11) is 0. The molecule has 3 heteroatoms. The van der Waals surface area contributed by atoms with Gasteiger partial charge in [-0.3, -0.25) is 0 Å². The molecule has 0 atom stereocenters. The molecule has 0 aromatic rings. The molecule has 2 nitrogen and oxygen atoms in total. The van der Waals surface area contributed by atoms with Gasteiger partial charge in [0.15, 0.2) is 0 Å². The van der Waals surface area contributed by atoms with Crippen molar-refractivity contribution in [3.8, 4) is 0 Å². The standard InChI is InChI=1S/C13H26N2Se/c1-10(2)15(11(3)4)13(16)14-8-6-12(5)7-9-14/h10-12H,6-9H2,1-5H3. The van der Waals surface area contributed by atoms with Crippen molar-refractivity contribution in [1.29, 1.82) is 0 Å². The summed E-state index contributed by atoms with van der Waals surface area (Å²) >= 11 is 3.29. The third kappa shape index (κ3) is 3.49. The predicted octanol–water partition coefficient (Wildman–Crippen LogP) is 2.09. The first-order chi connectivity index (χ1) is 7.43. The van der Waals surface area contributed by atoms with Crippen molar-refractivity contribution in [2.45, 2.75) is 59.5 Å². The SMILES string of the molecule is CC1CCN(C(=[Se])N(C(C)C)C(C)C)CC1. The van der Waals surface area contributed by atoms with E-state index in [1.165, 1.54) is 30.6 Å². The Morgan fingerprint density at radius 2 is 1.56 bits per heavy atom. The molecule has 0 aromatic heterocycles. The van der Waals surface area contributed by atoms with E-state index in [4.69, 9.17) is 0 Å². The predicted molar refractivity (Wildman–Crippen MR) is 72.8 cm³/mol. The molecule has 1 rings (SSSR count). The summed E-state index contributed by atoms with van der Waals surface area (Å²) < 4.78 is 1.34. The van der Waals surface area contributed by atoms with Crippen molar-refractivity contribution >= 4 is 20.2 Å². The van der Waals surface area contributed by atoms with Crippen LogP contribution >= 0.6 is 0 Å². The van der Waals surface area contributed by atoms with Crippen molar-refractivity contribution in [1.82, 2.24) is 9.80 Å². The van der Waals surface area contributed by atoms with E-state index < -0.39 is 0 Å². The summed E-state index contributed by atoms with van der Waals surface area (Å²) in [5.74, 6) is 0.899. The summed E-state index contributed by atoms with van der Waals surface area (Å²) in [6.07, 6.45) is 2.66. The zero-order chi connectivity index (χ0) is 12.3. The fraction of sp³-hybridized carbons (Fsp3) is 0.923. The van der Waals surface area contributed by atoms with Gasteiger partial charge in [0, 0.05) is 0 Å². The molecule has 0 spiro atoms. The maximum absolute atomic E-state index is 3.29. The molecule has 94 valence electrons. The molecule has 0 N–H and O–H groups in total. The molecule has 0 bridgehead atoms. The number of hydrogen-bond acceptors (Lipinski definition) is 2. The first-order valence-electron chi connectivity index (χ1n) is 6.50. The summed E-state index contributed by atoms with van der Waals surface area (Å²) in [4.78, 5) is 5.00. The van der Waals surface area contributed by atoms with Crippen molar-refractivity contribution in [2.75, 3.05) is 13.1 Å². The molecule has 0 unspecified atom stereocenters. The molecule has 1 heterocycles. The quantitative estimate of drug-likeness (QED) is 0.731. The average molecular weight is 289 g/mol. The fourth-order valence-corrected chi connectivity index (χ4v) is 3.67. The van der Waals surface area contributed by atoms with Crippen LogP contribution in [0, 0.1) is 5.92 Å². The van der Waals surface area contributed by atoms with E-state index in [1.54, 1.807) is 0 Å². The summed E-state index contributed by atoms with van der Waals surface area (Å²) in [5.41, 5.74) is 0. The number of hydrogen-bond donors (Lipinski definition) is 0. The molecule has 1 fully saturated rings. The van der Waals surface area contributed by atoms with Crippen molar-refractivity contribution in [3.63, 3.8) is 0 Å². The van der Waals surface area contributed by atoms with Crippen LogP contribution in [0.5, 0.6) is 0 Å². The van der Waals surface area contributed by atoms with Gasteiger partial charge in [0.1, 0.15) is 0 Å². The van der Waals surface area contributed by atoms with Crippen molar-refractivity contribution < 1.29 is 0 Å². The third-order valence-corrected chi connectivity index (χ3v) is 4.37. The maximum atomic E-state index is 3.29. The molecule has 0 aliphatic carbocycles. The van der Waals surface area contributed by atoms with E-state index in [2.05, 4.69) is 60.0 Å². The van der Waals surface area contributed by atoms with Gasteiger partial charge in [-0.25, -0.2) is 0 Å². The van der Waals surface area contributed by atoms with E-state index in [0.717, 1.165) is 5.92 Å². The molecular weight excluding hydrogens is 263 g/mol. The zero-order valence-electron chi connectivity index (χ0n) is 11.4. The Morgan fingerprint density at radius 3 is 1.94 bits per heavy atom. The Morgan fingerprint density at radius 1 is 1.12 bits per heavy atom. The Balaban J connectivity index is 2.61. The van der Waals surface area contributed by atoms with Crippen LogP contribution in [0.1, 0.15) is 47.5 Å². The normalized spacial score (nSPS) is 18.3. The van der Waals surface area contributed by atoms with Gasteiger partial charge in [-0.1, -0.05) is 0 Å². The molecule has 0 aromatic carbocycles. The molecule has 0 saturated carbocycles. The van der Waals surface area contributed by atoms with E-state index in [0.29, 0.717) is 12.1 Å². The second-order valence-corrected chi connectivity index (χ2v) is 6.31. The van der Waals surface area contributed by atoms with Crippen LogP contribution in [0.15, 0.2) is 0 Å². The zero-order valence-corrected chi connectivity index (χ0v) is 13.1. The number of nitrogens with zero attached hydrogens (tertiary/aromatic N) is 2. The van der Waals surface area contributed by atoms with Crippen LogP contribution < -0.4 is 0 Å². The average Bonchev–Trinajstić information content (AvgIpc) is 2.17. The van der Waals surface area contributed by atoms with E-state index >= 15 is 0 Å². The Kier molecular flexibility index (Phi) is 5.33. The second-order valence-electron chi connectivity index (χ2n) is 5.55. The molecular formula is C13H26N2Se. The van der Waals surface area contributed by atoms with Gasteiger partial charge in [-0.2, -0.15) is 0 Å². The van der Waals surface area contributed by atoms with Crippen molar-refractivity contribution in [2.24, 2.45) is 5.92 Å². The van der Waals surface area contributed by atoms with Crippen LogP contribution in [0.2, 0.25) is 0 Å². The number of likely N-dealkylation sites (tertiary alicyclic amines) is 1. The van der Waals surface area contributed by atoms with Crippen LogP contribution in [0.3, 0.4) is 0 Å². The molecule has 16 heavy (non-hydrogen) atoms.